The van der Waals surface area contributed by atoms with E-state index in [1.54, 1.807) is 17.3 Å². The summed E-state index contributed by atoms with van der Waals surface area (Å²) in [5.41, 5.74) is 4.75. The summed E-state index contributed by atoms with van der Waals surface area (Å²) in [7, 11) is 0. The van der Waals surface area contributed by atoms with Crippen LogP contribution in [0.5, 0.6) is 0 Å². The maximum atomic E-state index is 13.1. The number of halogens is 1. The fourth-order valence-electron chi connectivity index (χ4n) is 7.12. The number of hydrogen-bond donors (Lipinski definition) is 0. The molecule has 4 nitrogen and oxygen atoms in total. The monoisotopic (exact) mass is 449 g/mol. The van der Waals surface area contributed by atoms with Crippen LogP contribution >= 0.6 is 0 Å². The largest absolute Gasteiger partial charge is 0.381 e. The zero-order valence-corrected chi connectivity index (χ0v) is 19.6. The minimum atomic E-state index is -0.395. The number of hydrogen-bond acceptors (Lipinski definition) is 4. The number of benzene rings is 1. The summed E-state index contributed by atoms with van der Waals surface area (Å²) in [6, 6.07) is 13.3. The van der Waals surface area contributed by atoms with Crippen LogP contribution in [0.15, 0.2) is 42.6 Å². The summed E-state index contributed by atoms with van der Waals surface area (Å²) < 4.78 is 18.8. The van der Waals surface area contributed by atoms with Crippen molar-refractivity contribution >= 4 is 5.69 Å². The molecule has 1 atom stereocenters. The lowest BCUT2D eigenvalue weighted by molar-refractivity contribution is 0.0848. The van der Waals surface area contributed by atoms with Crippen LogP contribution < -0.4 is 4.90 Å². The number of aromatic nitrogens is 1. The van der Waals surface area contributed by atoms with Crippen molar-refractivity contribution in [2.24, 2.45) is 5.41 Å². The average Bonchev–Trinajstić information content (AvgIpc) is 3.31. The Balaban J connectivity index is 1.04. The van der Waals surface area contributed by atoms with Crippen LogP contribution in [0.1, 0.15) is 67.9 Å². The SMILES string of the molecule is Fc1ccc(N2CC3(CCC(N4CCC(c5ccccc5C5CCOCC5)CC4)C3)C2)cn1. The van der Waals surface area contributed by atoms with Gasteiger partial charge in [0.1, 0.15) is 0 Å². The Kier molecular flexibility index (Phi) is 5.87. The summed E-state index contributed by atoms with van der Waals surface area (Å²) in [5, 5.41) is 0. The number of nitrogens with zero attached hydrogens (tertiary/aromatic N) is 3. The lowest BCUT2D eigenvalue weighted by Crippen LogP contribution is -2.56. The van der Waals surface area contributed by atoms with Crippen molar-refractivity contribution in [2.45, 2.75) is 62.8 Å². The maximum Gasteiger partial charge on any atom is 0.212 e. The molecule has 1 aromatic heterocycles. The van der Waals surface area contributed by atoms with E-state index in [9.17, 15) is 4.39 Å². The van der Waals surface area contributed by atoms with Gasteiger partial charge in [-0.05, 0) is 93.1 Å². The molecule has 1 aromatic carbocycles. The second-order valence-corrected chi connectivity index (χ2v) is 10.9. The first-order chi connectivity index (χ1) is 16.2. The molecule has 4 fully saturated rings. The van der Waals surface area contributed by atoms with E-state index in [0.717, 1.165) is 38.0 Å². The Morgan fingerprint density at radius 3 is 2.24 bits per heavy atom. The fraction of sp³-hybridized carbons (Fsp3) is 0.607. The van der Waals surface area contributed by atoms with Crippen molar-refractivity contribution in [3.05, 3.63) is 59.7 Å². The van der Waals surface area contributed by atoms with Gasteiger partial charge in [0.25, 0.3) is 0 Å². The summed E-state index contributed by atoms with van der Waals surface area (Å²) >= 11 is 0. The van der Waals surface area contributed by atoms with Crippen LogP contribution in [0.25, 0.3) is 0 Å². The van der Waals surface area contributed by atoms with Crippen molar-refractivity contribution < 1.29 is 9.13 Å². The van der Waals surface area contributed by atoms with E-state index in [-0.39, 0.29) is 0 Å². The van der Waals surface area contributed by atoms with Crippen molar-refractivity contribution in [1.82, 2.24) is 9.88 Å². The standard InChI is InChI=1S/C28H36FN3O/c29-27-6-5-24(18-30-27)32-19-28(20-32)12-7-23(17-28)31-13-8-21(9-14-31)25-3-1-2-4-26(25)22-10-15-33-16-11-22/h1-6,18,21-23H,7-17,19-20H2. The molecular weight excluding hydrogens is 413 g/mol. The van der Waals surface area contributed by atoms with Gasteiger partial charge in [0.15, 0.2) is 0 Å². The number of rotatable bonds is 4. The Hall–Kier alpha value is -1.98. The number of likely N-dealkylation sites (tertiary alicyclic amines) is 1. The fourth-order valence-corrected chi connectivity index (χ4v) is 7.12. The Morgan fingerprint density at radius 2 is 1.58 bits per heavy atom. The molecule has 3 saturated heterocycles. The summed E-state index contributed by atoms with van der Waals surface area (Å²) in [6.07, 6.45) is 10.6. The first-order valence-electron chi connectivity index (χ1n) is 13.0. The highest BCUT2D eigenvalue weighted by molar-refractivity contribution is 5.48. The highest BCUT2D eigenvalue weighted by atomic mass is 19.1. The number of ether oxygens (including phenoxy) is 1. The number of anilines is 1. The van der Waals surface area contributed by atoms with Gasteiger partial charge < -0.3 is 14.5 Å². The van der Waals surface area contributed by atoms with E-state index in [1.165, 1.54) is 64.1 Å². The molecule has 1 unspecified atom stereocenters. The molecule has 33 heavy (non-hydrogen) atoms. The highest BCUT2D eigenvalue weighted by Crippen LogP contribution is 2.49. The predicted octanol–water partition coefficient (Wildman–Crippen LogP) is 5.35. The molecule has 4 heterocycles. The molecule has 176 valence electrons. The number of piperidine rings is 1. The maximum absolute atomic E-state index is 13.1. The molecule has 0 amide bonds. The second-order valence-electron chi connectivity index (χ2n) is 10.9. The first kappa shape index (κ1) is 21.5. The quantitative estimate of drug-likeness (QED) is 0.588. The normalized spacial score (nSPS) is 26.6. The van der Waals surface area contributed by atoms with E-state index < -0.39 is 5.95 Å². The van der Waals surface area contributed by atoms with Gasteiger partial charge in [-0.25, -0.2) is 4.98 Å². The third-order valence-corrected chi connectivity index (χ3v) is 8.95. The van der Waals surface area contributed by atoms with Crippen LogP contribution in [0, 0.1) is 11.4 Å². The molecular formula is C28H36FN3O. The lowest BCUT2D eigenvalue weighted by atomic mass is 9.77. The zero-order chi connectivity index (χ0) is 22.3. The smallest absolute Gasteiger partial charge is 0.212 e. The van der Waals surface area contributed by atoms with Crippen LogP contribution in [0.3, 0.4) is 0 Å². The van der Waals surface area contributed by atoms with Crippen molar-refractivity contribution in [3.63, 3.8) is 0 Å². The Bertz CT molecular complexity index is 944. The van der Waals surface area contributed by atoms with E-state index >= 15 is 0 Å². The van der Waals surface area contributed by atoms with Gasteiger partial charge >= 0.3 is 0 Å². The molecule has 4 aliphatic rings. The van der Waals surface area contributed by atoms with Crippen molar-refractivity contribution in [1.29, 1.82) is 0 Å². The van der Waals surface area contributed by atoms with Gasteiger partial charge in [-0.1, -0.05) is 24.3 Å². The predicted molar refractivity (Wildman–Crippen MR) is 129 cm³/mol. The molecule has 0 radical (unpaired) electrons. The van der Waals surface area contributed by atoms with Gasteiger partial charge in [-0.15, -0.1) is 0 Å². The molecule has 0 bridgehead atoms. The first-order valence-corrected chi connectivity index (χ1v) is 13.0. The van der Waals surface area contributed by atoms with Crippen LogP contribution in [0.2, 0.25) is 0 Å². The molecule has 1 spiro atoms. The van der Waals surface area contributed by atoms with Gasteiger partial charge in [-0.3, -0.25) is 0 Å². The second kappa shape index (κ2) is 8.99. The molecule has 1 aliphatic carbocycles. The van der Waals surface area contributed by atoms with Crippen LogP contribution in [-0.4, -0.2) is 55.3 Å². The van der Waals surface area contributed by atoms with Crippen LogP contribution in [0.4, 0.5) is 10.1 Å². The van der Waals surface area contributed by atoms with Gasteiger partial charge in [0, 0.05) is 37.8 Å². The Labute approximate surface area is 197 Å². The molecule has 6 rings (SSSR count). The molecule has 2 aromatic rings. The van der Waals surface area contributed by atoms with Gasteiger partial charge in [0.2, 0.25) is 5.95 Å². The minimum Gasteiger partial charge on any atom is -0.381 e. The van der Waals surface area contributed by atoms with E-state index in [4.69, 9.17) is 4.74 Å². The third-order valence-electron chi connectivity index (χ3n) is 8.95. The molecule has 3 aliphatic heterocycles. The van der Waals surface area contributed by atoms with Gasteiger partial charge in [-0.2, -0.15) is 4.39 Å². The average molecular weight is 450 g/mol. The topological polar surface area (TPSA) is 28.6 Å². The summed E-state index contributed by atoms with van der Waals surface area (Å²) in [4.78, 5) is 9.00. The van der Waals surface area contributed by atoms with Crippen molar-refractivity contribution in [2.75, 3.05) is 44.3 Å². The molecule has 5 heteroatoms. The number of pyridine rings is 1. The highest BCUT2D eigenvalue weighted by Gasteiger charge is 2.49. The van der Waals surface area contributed by atoms with Crippen LogP contribution in [-0.2, 0) is 4.74 Å². The third kappa shape index (κ3) is 4.30. The Morgan fingerprint density at radius 1 is 0.879 bits per heavy atom. The lowest BCUT2D eigenvalue weighted by Gasteiger charge is -2.50. The van der Waals surface area contributed by atoms with E-state index in [1.807, 2.05) is 6.07 Å². The van der Waals surface area contributed by atoms with E-state index in [0.29, 0.717) is 17.3 Å². The minimum absolute atomic E-state index is 0.395. The molecule has 0 N–H and O–H groups in total. The zero-order valence-electron chi connectivity index (χ0n) is 19.6. The summed E-state index contributed by atoms with van der Waals surface area (Å²) in [5.74, 6) is 0.995. The van der Waals surface area contributed by atoms with E-state index in [2.05, 4.69) is 39.0 Å². The molecule has 1 saturated carbocycles. The van der Waals surface area contributed by atoms with Crippen molar-refractivity contribution in [3.8, 4) is 0 Å². The summed E-state index contributed by atoms with van der Waals surface area (Å²) in [6.45, 7) is 6.50. The van der Waals surface area contributed by atoms with Gasteiger partial charge in [0.05, 0.1) is 11.9 Å².